The second kappa shape index (κ2) is 8.50. The summed E-state index contributed by atoms with van der Waals surface area (Å²) in [7, 11) is 1.64. The van der Waals surface area contributed by atoms with Crippen LogP contribution in [-0.2, 0) is 9.47 Å². The number of hydrogen-bond donors (Lipinski definition) is 1. The van der Waals surface area contributed by atoms with Gasteiger partial charge in [-0.25, -0.2) is 0 Å². The smallest absolute Gasteiger partial charge is 0.162 e. The molecule has 0 spiro atoms. The van der Waals surface area contributed by atoms with Gasteiger partial charge in [-0.05, 0) is 25.1 Å². The van der Waals surface area contributed by atoms with E-state index in [0.717, 1.165) is 6.42 Å². The minimum Gasteiger partial charge on any atom is -0.493 e. The van der Waals surface area contributed by atoms with Crippen LogP contribution < -0.4 is 10.5 Å². The molecule has 5 heteroatoms. The molecule has 0 amide bonds. The number of carbonyl (C=O) groups excluding carboxylic acids is 1. The number of ether oxygens (including phenoxy) is 3. The maximum Gasteiger partial charge on any atom is 0.162 e. The van der Waals surface area contributed by atoms with Crippen LogP contribution in [0.15, 0.2) is 18.2 Å². The Morgan fingerprint density at radius 3 is 2.68 bits per heavy atom. The molecule has 0 bridgehead atoms. The lowest BCUT2D eigenvalue weighted by atomic mass is 10.1. The Morgan fingerprint density at radius 2 is 2.00 bits per heavy atom. The van der Waals surface area contributed by atoms with E-state index in [0.29, 0.717) is 43.4 Å². The molecule has 0 unspecified atom stereocenters. The fraction of sp³-hybridized carbons (Fsp3) is 0.500. The number of benzene rings is 1. The maximum absolute atomic E-state index is 11.3. The van der Waals surface area contributed by atoms with Crippen molar-refractivity contribution < 1.29 is 19.0 Å². The first-order chi connectivity index (χ1) is 9.15. The minimum atomic E-state index is -0.0640. The van der Waals surface area contributed by atoms with E-state index in [4.69, 9.17) is 19.9 Å². The largest absolute Gasteiger partial charge is 0.493 e. The summed E-state index contributed by atoms with van der Waals surface area (Å²) in [6.45, 7) is 3.83. The average molecular weight is 267 g/mol. The zero-order chi connectivity index (χ0) is 14.1. The van der Waals surface area contributed by atoms with Gasteiger partial charge in [0.25, 0.3) is 0 Å². The third kappa shape index (κ3) is 5.72. The van der Waals surface area contributed by atoms with Gasteiger partial charge in [-0.3, -0.25) is 4.79 Å². The van der Waals surface area contributed by atoms with Gasteiger partial charge in [-0.1, -0.05) is 0 Å². The van der Waals surface area contributed by atoms with Gasteiger partial charge in [0.1, 0.15) is 5.75 Å². The molecule has 0 aliphatic rings. The van der Waals surface area contributed by atoms with Crippen LogP contribution in [0.25, 0.3) is 0 Å². The van der Waals surface area contributed by atoms with Crippen molar-refractivity contribution in [3.8, 4) is 5.75 Å². The molecule has 19 heavy (non-hydrogen) atoms. The molecule has 2 N–H and O–H groups in total. The van der Waals surface area contributed by atoms with E-state index in [9.17, 15) is 4.79 Å². The summed E-state index contributed by atoms with van der Waals surface area (Å²) in [6.07, 6.45) is 0.781. The molecule has 1 rings (SSSR count). The lowest BCUT2D eigenvalue weighted by Crippen LogP contribution is -2.07. The number of carbonyl (C=O) groups is 1. The summed E-state index contributed by atoms with van der Waals surface area (Å²) in [5, 5.41) is 0. The van der Waals surface area contributed by atoms with E-state index < -0.39 is 0 Å². The number of nitrogen functional groups attached to an aromatic ring is 1. The van der Waals surface area contributed by atoms with E-state index in [1.165, 1.54) is 6.92 Å². The van der Waals surface area contributed by atoms with Crippen LogP contribution >= 0.6 is 0 Å². The first-order valence-electron chi connectivity index (χ1n) is 6.25. The standard InChI is InChI=1S/C14H21NO4/c1-11(16)13-10-12(4-5-14(13)15)19-7-3-6-18-9-8-17-2/h4-5,10H,3,6-9,15H2,1-2H3. The molecule has 0 radical (unpaired) electrons. The summed E-state index contributed by atoms with van der Waals surface area (Å²) in [5.41, 5.74) is 6.67. The second-order valence-electron chi connectivity index (χ2n) is 4.11. The van der Waals surface area contributed by atoms with Gasteiger partial charge in [0.15, 0.2) is 5.78 Å². The highest BCUT2D eigenvalue weighted by Gasteiger charge is 2.06. The van der Waals surface area contributed by atoms with Gasteiger partial charge < -0.3 is 19.9 Å². The first-order valence-corrected chi connectivity index (χ1v) is 6.25. The number of ketones is 1. The number of anilines is 1. The van der Waals surface area contributed by atoms with Gasteiger partial charge in [0, 0.05) is 31.4 Å². The second-order valence-corrected chi connectivity index (χ2v) is 4.11. The molecule has 0 heterocycles. The Morgan fingerprint density at radius 1 is 1.21 bits per heavy atom. The number of rotatable bonds is 9. The Balaban J connectivity index is 2.30. The van der Waals surface area contributed by atoms with Crippen LogP contribution in [0.4, 0.5) is 5.69 Å². The van der Waals surface area contributed by atoms with Gasteiger partial charge in [0.05, 0.1) is 19.8 Å². The van der Waals surface area contributed by atoms with Crippen LogP contribution in [-0.4, -0.2) is 39.3 Å². The molecule has 0 atom stereocenters. The highest BCUT2D eigenvalue weighted by molar-refractivity contribution is 5.99. The number of nitrogens with two attached hydrogens (primary N) is 1. The summed E-state index contributed by atoms with van der Waals surface area (Å²) < 4.78 is 15.7. The van der Waals surface area contributed by atoms with Crippen molar-refractivity contribution in [3.05, 3.63) is 23.8 Å². The zero-order valence-electron chi connectivity index (χ0n) is 11.5. The van der Waals surface area contributed by atoms with Crippen LogP contribution in [0.2, 0.25) is 0 Å². The van der Waals surface area contributed by atoms with Crippen LogP contribution in [0.3, 0.4) is 0 Å². The molecule has 0 saturated heterocycles. The highest BCUT2D eigenvalue weighted by Crippen LogP contribution is 2.20. The normalized spacial score (nSPS) is 10.4. The van der Waals surface area contributed by atoms with E-state index in [2.05, 4.69) is 0 Å². The van der Waals surface area contributed by atoms with Crippen molar-refractivity contribution in [1.82, 2.24) is 0 Å². The summed E-state index contributed by atoms with van der Waals surface area (Å²) in [5.74, 6) is 0.585. The molecule has 0 aliphatic heterocycles. The Hall–Kier alpha value is -1.59. The molecule has 1 aromatic carbocycles. The zero-order valence-corrected chi connectivity index (χ0v) is 11.5. The van der Waals surface area contributed by atoms with Crippen molar-refractivity contribution in [2.24, 2.45) is 0 Å². The van der Waals surface area contributed by atoms with E-state index in [-0.39, 0.29) is 5.78 Å². The number of methoxy groups -OCH3 is 1. The van der Waals surface area contributed by atoms with Crippen LogP contribution in [0, 0.1) is 0 Å². The topological polar surface area (TPSA) is 70.8 Å². The molecule has 0 fully saturated rings. The summed E-state index contributed by atoms with van der Waals surface area (Å²) in [6, 6.07) is 5.11. The molecule has 0 aromatic heterocycles. The fourth-order valence-corrected chi connectivity index (χ4v) is 1.53. The third-order valence-electron chi connectivity index (χ3n) is 2.54. The van der Waals surface area contributed by atoms with Gasteiger partial charge in [0.2, 0.25) is 0 Å². The molecule has 0 aliphatic carbocycles. The van der Waals surface area contributed by atoms with Gasteiger partial charge in [-0.15, -0.1) is 0 Å². The molecule has 5 nitrogen and oxygen atoms in total. The van der Waals surface area contributed by atoms with E-state index in [1.54, 1.807) is 25.3 Å². The average Bonchev–Trinajstić information content (AvgIpc) is 2.39. The van der Waals surface area contributed by atoms with Crippen molar-refractivity contribution >= 4 is 11.5 Å². The van der Waals surface area contributed by atoms with E-state index >= 15 is 0 Å². The lowest BCUT2D eigenvalue weighted by molar-refractivity contribution is 0.0644. The van der Waals surface area contributed by atoms with Gasteiger partial charge >= 0.3 is 0 Å². The van der Waals surface area contributed by atoms with Crippen molar-refractivity contribution in [3.63, 3.8) is 0 Å². The van der Waals surface area contributed by atoms with Crippen molar-refractivity contribution in [1.29, 1.82) is 0 Å². The predicted molar refractivity (Wildman–Crippen MR) is 73.7 cm³/mol. The Kier molecular flexibility index (Phi) is 6.92. The third-order valence-corrected chi connectivity index (χ3v) is 2.54. The Labute approximate surface area is 113 Å². The molecule has 0 saturated carbocycles. The summed E-state index contributed by atoms with van der Waals surface area (Å²) in [4.78, 5) is 11.3. The van der Waals surface area contributed by atoms with Gasteiger partial charge in [-0.2, -0.15) is 0 Å². The lowest BCUT2D eigenvalue weighted by Gasteiger charge is -2.09. The summed E-state index contributed by atoms with van der Waals surface area (Å²) >= 11 is 0. The molecular formula is C14H21NO4. The minimum absolute atomic E-state index is 0.0640. The van der Waals surface area contributed by atoms with Crippen molar-refractivity contribution in [2.75, 3.05) is 39.3 Å². The van der Waals surface area contributed by atoms with Crippen molar-refractivity contribution in [2.45, 2.75) is 13.3 Å². The highest BCUT2D eigenvalue weighted by atomic mass is 16.5. The quantitative estimate of drug-likeness (QED) is 0.420. The molecule has 1 aromatic rings. The molecular weight excluding hydrogens is 246 g/mol. The molecule has 106 valence electrons. The van der Waals surface area contributed by atoms with Crippen LogP contribution in [0.5, 0.6) is 5.75 Å². The van der Waals surface area contributed by atoms with E-state index in [1.807, 2.05) is 0 Å². The number of Topliss-reactive ketones (excluding diaryl/α,β-unsaturated/α-hetero) is 1. The SMILES string of the molecule is COCCOCCCOc1ccc(N)c(C(C)=O)c1. The maximum atomic E-state index is 11.3. The first kappa shape index (κ1) is 15.5. The monoisotopic (exact) mass is 267 g/mol. The Bertz CT molecular complexity index is 406. The van der Waals surface area contributed by atoms with Crippen LogP contribution in [0.1, 0.15) is 23.7 Å². The predicted octanol–water partition coefficient (Wildman–Crippen LogP) is 1.90. The number of hydrogen-bond acceptors (Lipinski definition) is 5. The fourth-order valence-electron chi connectivity index (χ4n) is 1.53.